The number of amides is 1. The van der Waals surface area contributed by atoms with Gasteiger partial charge >= 0.3 is 0 Å². The van der Waals surface area contributed by atoms with Crippen LogP contribution >= 0.6 is 12.2 Å². The predicted octanol–water partition coefficient (Wildman–Crippen LogP) is 3.44. The Bertz CT molecular complexity index is 804. The van der Waals surface area contributed by atoms with Crippen molar-refractivity contribution in [3.8, 4) is 0 Å². The van der Waals surface area contributed by atoms with Gasteiger partial charge in [0.05, 0.1) is 4.90 Å². The van der Waals surface area contributed by atoms with Crippen LogP contribution in [0.25, 0.3) is 0 Å². The number of rotatable bonds is 9. The average Bonchev–Trinajstić information content (AvgIpc) is 3.14. The van der Waals surface area contributed by atoms with E-state index in [2.05, 4.69) is 23.8 Å². The van der Waals surface area contributed by atoms with Crippen molar-refractivity contribution in [2.24, 2.45) is 5.92 Å². The van der Waals surface area contributed by atoms with Crippen LogP contribution in [0.4, 0.5) is 5.69 Å². The third-order valence-corrected chi connectivity index (χ3v) is 6.67. The molecule has 0 heterocycles. The van der Waals surface area contributed by atoms with E-state index in [4.69, 9.17) is 12.2 Å². The Morgan fingerprint density at radius 3 is 2.25 bits per heavy atom. The Hall–Kier alpha value is -2.03. The van der Waals surface area contributed by atoms with E-state index in [1.54, 1.807) is 12.1 Å². The lowest BCUT2D eigenvalue weighted by Gasteiger charge is -2.19. The zero-order chi connectivity index (χ0) is 20.6. The quantitative estimate of drug-likeness (QED) is 0.472. The number of anilines is 1. The van der Waals surface area contributed by atoms with Crippen LogP contribution in [0.2, 0.25) is 0 Å². The van der Waals surface area contributed by atoms with E-state index >= 15 is 0 Å². The fourth-order valence-electron chi connectivity index (χ4n) is 3.23. The summed E-state index contributed by atoms with van der Waals surface area (Å²) in [6.07, 6.45) is 8.12. The molecule has 0 radical (unpaired) electrons. The first-order chi connectivity index (χ1) is 13.4. The van der Waals surface area contributed by atoms with E-state index in [0.717, 1.165) is 12.8 Å². The largest absolute Gasteiger partial charge is 0.332 e. The van der Waals surface area contributed by atoms with Gasteiger partial charge in [0.2, 0.25) is 15.9 Å². The van der Waals surface area contributed by atoms with Crippen LogP contribution in [0.15, 0.2) is 54.5 Å². The first kappa shape index (κ1) is 22.3. The second-order valence-corrected chi connectivity index (χ2v) is 9.13. The number of thiocarbonyl (C=S) groups is 1. The van der Waals surface area contributed by atoms with Crippen LogP contribution in [0.1, 0.15) is 32.1 Å². The number of nitrogens with one attached hydrogen (secondary N) is 2. The Balaban J connectivity index is 1.95. The molecule has 1 aromatic carbocycles. The minimum absolute atomic E-state index is 0.0897. The molecule has 2 N–H and O–H groups in total. The molecule has 2 rings (SSSR count). The van der Waals surface area contributed by atoms with E-state index in [0.29, 0.717) is 18.0 Å². The first-order valence-electron chi connectivity index (χ1n) is 9.29. The van der Waals surface area contributed by atoms with Gasteiger partial charge in [0.1, 0.15) is 0 Å². The highest BCUT2D eigenvalue weighted by Gasteiger charge is 2.22. The lowest BCUT2D eigenvalue weighted by atomic mass is 10.0. The van der Waals surface area contributed by atoms with Gasteiger partial charge in [-0.25, -0.2) is 8.42 Å². The van der Waals surface area contributed by atoms with Crippen molar-refractivity contribution < 1.29 is 13.2 Å². The zero-order valence-electron chi connectivity index (χ0n) is 15.9. The highest BCUT2D eigenvalue weighted by molar-refractivity contribution is 7.89. The van der Waals surface area contributed by atoms with Gasteiger partial charge in [0, 0.05) is 25.2 Å². The van der Waals surface area contributed by atoms with Gasteiger partial charge in [-0.2, -0.15) is 4.31 Å². The molecule has 152 valence electrons. The molecule has 1 saturated carbocycles. The van der Waals surface area contributed by atoms with Gasteiger partial charge in [-0.3, -0.25) is 4.79 Å². The fraction of sp³-hybridized carbons (Fsp3) is 0.400. The van der Waals surface area contributed by atoms with Crippen molar-refractivity contribution in [2.45, 2.75) is 37.0 Å². The summed E-state index contributed by atoms with van der Waals surface area (Å²) in [6.45, 7) is 7.59. The van der Waals surface area contributed by atoms with E-state index in [1.165, 1.54) is 41.4 Å². The SMILES string of the molecule is C=CCN(CC=C)S(=O)(=O)c1ccc(NC(=S)NC(=O)CC2CCCC2)cc1. The van der Waals surface area contributed by atoms with Crippen molar-refractivity contribution in [1.82, 2.24) is 9.62 Å². The van der Waals surface area contributed by atoms with Gasteiger partial charge in [0.25, 0.3) is 0 Å². The number of sulfonamides is 1. The van der Waals surface area contributed by atoms with Crippen molar-refractivity contribution >= 4 is 38.9 Å². The first-order valence-corrected chi connectivity index (χ1v) is 11.1. The van der Waals surface area contributed by atoms with Gasteiger partial charge < -0.3 is 10.6 Å². The Labute approximate surface area is 172 Å². The van der Waals surface area contributed by atoms with E-state index in [9.17, 15) is 13.2 Å². The minimum Gasteiger partial charge on any atom is -0.332 e. The molecule has 0 unspecified atom stereocenters. The molecule has 0 bridgehead atoms. The van der Waals surface area contributed by atoms with Gasteiger partial charge in [-0.05, 0) is 55.2 Å². The highest BCUT2D eigenvalue weighted by atomic mass is 32.2. The molecule has 28 heavy (non-hydrogen) atoms. The molecule has 1 aliphatic carbocycles. The molecule has 8 heteroatoms. The fourth-order valence-corrected chi connectivity index (χ4v) is 4.85. The maximum atomic E-state index is 12.7. The predicted molar refractivity (Wildman–Crippen MR) is 117 cm³/mol. The number of nitrogens with zero attached hydrogens (tertiary/aromatic N) is 1. The highest BCUT2D eigenvalue weighted by Crippen LogP contribution is 2.27. The molecule has 0 spiro atoms. The molecule has 6 nitrogen and oxygen atoms in total. The maximum Gasteiger partial charge on any atom is 0.243 e. The van der Waals surface area contributed by atoms with Crippen LogP contribution in [-0.2, 0) is 14.8 Å². The average molecular weight is 422 g/mol. The summed E-state index contributed by atoms with van der Waals surface area (Å²) in [7, 11) is -3.64. The van der Waals surface area contributed by atoms with Crippen LogP contribution < -0.4 is 10.6 Å². The number of carbonyl (C=O) groups is 1. The number of hydrogen-bond acceptors (Lipinski definition) is 4. The second kappa shape index (κ2) is 10.5. The standard InChI is InChI=1S/C20H27N3O3S2/c1-3-13-23(14-4-2)28(25,26)18-11-9-17(10-12-18)21-20(27)22-19(24)15-16-7-5-6-8-16/h3-4,9-12,16H,1-2,5-8,13-15H2,(H2,21,22,24,27). The zero-order valence-corrected chi connectivity index (χ0v) is 17.5. The molecule has 0 saturated heterocycles. The molecule has 1 aromatic rings. The van der Waals surface area contributed by atoms with Crippen LogP contribution in [-0.4, -0.2) is 36.8 Å². The van der Waals surface area contributed by atoms with Crippen LogP contribution in [0, 0.1) is 5.92 Å². The summed E-state index contributed by atoms with van der Waals surface area (Å²) in [5, 5.41) is 5.81. The van der Waals surface area contributed by atoms with Crippen molar-refractivity contribution in [2.75, 3.05) is 18.4 Å². The van der Waals surface area contributed by atoms with Crippen molar-refractivity contribution in [3.63, 3.8) is 0 Å². The lowest BCUT2D eigenvalue weighted by molar-refractivity contribution is -0.120. The third kappa shape index (κ3) is 6.25. The molecule has 1 amide bonds. The summed E-state index contributed by atoms with van der Waals surface area (Å²) in [6, 6.07) is 6.23. The number of hydrogen-bond donors (Lipinski definition) is 2. The van der Waals surface area contributed by atoms with E-state index in [1.807, 2.05) is 0 Å². The smallest absolute Gasteiger partial charge is 0.243 e. The van der Waals surface area contributed by atoms with Crippen LogP contribution in [0.5, 0.6) is 0 Å². The summed E-state index contributed by atoms with van der Waals surface area (Å²) in [4.78, 5) is 12.2. The third-order valence-electron chi connectivity index (χ3n) is 4.62. The maximum absolute atomic E-state index is 12.7. The molecule has 1 aliphatic rings. The molecular weight excluding hydrogens is 394 g/mol. The molecule has 0 aliphatic heterocycles. The summed E-state index contributed by atoms with van der Waals surface area (Å²) < 4.78 is 26.6. The summed E-state index contributed by atoms with van der Waals surface area (Å²) in [5.41, 5.74) is 0.601. The van der Waals surface area contributed by atoms with E-state index < -0.39 is 10.0 Å². The minimum atomic E-state index is -3.64. The molecular formula is C20H27N3O3S2. The number of carbonyl (C=O) groups excluding carboxylic acids is 1. The Morgan fingerprint density at radius 2 is 1.71 bits per heavy atom. The number of benzene rings is 1. The van der Waals surface area contributed by atoms with Crippen molar-refractivity contribution in [1.29, 1.82) is 0 Å². The summed E-state index contributed by atoms with van der Waals surface area (Å²) >= 11 is 5.18. The Kier molecular flexibility index (Phi) is 8.35. The molecule has 0 atom stereocenters. The normalized spacial score (nSPS) is 14.6. The van der Waals surface area contributed by atoms with Crippen LogP contribution in [0.3, 0.4) is 0 Å². The molecule has 0 aromatic heterocycles. The van der Waals surface area contributed by atoms with Gasteiger partial charge in [-0.1, -0.05) is 25.0 Å². The van der Waals surface area contributed by atoms with Gasteiger partial charge in [0.15, 0.2) is 5.11 Å². The lowest BCUT2D eigenvalue weighted by Crippen LogP contribution is -2.35. The Morgan fingerprint density at radius 1 is 1.14 bits per heavy atom. The monoisotopic (exact) mass is 421 g/mol. The molecule has 1 fully saturated rings. The summed E-state index contributed by atoms with van der Waals surface area (Å²) in [5.74, 6) is 0.356. The topological polar surface area (TPSA) is 78.5 Å². The van der Waals surface area contributed by atoms with Gasteiger partial charge in [-0.15, -0.1) is 13.2 Å². The second-order valence-electron chi connectivity index (χ2n) is 6.78. The van der Waals surface area contributed by atoms with Crippen molar-refractivity contribution in [3.05, 3.63) is 49.6 Å². The van der Waals surface area contributed by atoms with E-state index in [-0.39, 0.29) is 29.0 Å².